The average molecular weight is 316 g/mol. The van der Waals surface area contributed by atoms with Crippen molar-refractivity contribution in [3.8, 4) is 5.75 Å². The summed E-state index contributed by atoms with van der Waals surface area (Å²) >= 11 is 0. The van der Waals surface area contributed by atoms with Gasteiger partial charge in [0.25, 0.3) is 0 Å². The van der Waals surface area contributed by atoms with Gasteiger partial charge in [-0.05, 0) is 12.3 Å². The molecule has 1 aromatic rings. The average Bonchev–Trinajstić information content (AvgIpc) is 2.42. The molecule has 120 valence electrons. The lowest BCUT2D eigenvalue weighted by Crippen LogP contribution is -2.27. The van der Waals surface area contributed by atoms with E-state index in [0.29, 0.717) is 24.6 Å². The van der Waals surface area contributed by atoms with E-state index in [0.717, 1.165) is 6.42 Å². The van der Waals surface area contributed by atoms with Crippen molar-refractivity contribution in [2.24, 2.45) is 5.92 Å². The smallest absolute Gasteiger partial charge is 0.223 e. The van der Waals surface area contributed by atoms with Gasteiger partial charge in [-0.15, -0.1) is 0 Å². The van der Waals surface area contributed by atoms with Gasteiger partial charge in [0.2, 0.25) is 15.5 Å². The summed E-state index contributed by atoms with van der Waals surface area (Å²) in [4.78, 5) is 14.7. The minimum Gasteiger partial charge on any atom is -0.488 e. The fourth-order valence-electron chi connectivity index (χ4n) is 1.57. The van der Waals surface area contributed by atoms with Crippen LogP contribution in [0.3, 0.4) is 0 Å². The van der Waals surface area contributed by atoms with E-state index in [-0.39, 0.29) is 23.5 Å². The van der Waals surface area contributed by atoms with Crippen LogP contribution in [0.1, 0.15) is 39.3 Å². The molecule has 0 radical (unpaired) electrons. The molecule has 1 aromatic heterocycles. The maximum atomic E-state index is 11.8. The molecule has 0 fully saturated rings. The largest absolute Gasteiger partial charge is 0.488 e. The van der Waals surface area contributed by atoms with Crippen molar-refractivity contribution in [2.75, 3.05) is 12.4 Å². The Morgan fingerprint density at radius 1 is 1.38 bits per heavy atom. The SMILES string of the molecule is CCCCS(=O)(=O)NCc1cc(=O)c(OCC(C)C)c[nH]1. The topological polar surface area (TPSA) is 88.3 Å². The molecule has 0 unspecified atom stereocenters. The van der Waals surface area contributed by atoms with Crippen molar-refractivity contribution in [1.82, 2.24) is 9.71 Å². The van der Waals surface area contributed by atoms with Gasteiger partial charge in [-0.3, -0.25) is 4.79 Å². The molecule has 0 spiro atoms. The van der Waals surface area contributed by atoms with E-state index in [1.165, 1.54) is 12.3 Å². The number of ether oxygens (including phenoxy) is 1. The number of nitrogens with one attached hydrogen (secondary N) is 2. The van der Waals surface area contributed by atoms with Crippen molar-refractivity contribution in [3.05, 3.63) is 28.2 Å². The Bertz CT molecular complexity index is 593. The number of sulfonamides is 1. The van der Waals surface area contributed by atoms with Gasteiger partial charge < -0.3 is 9.72 Å². The number of H-pyrrole nitrogens is 1. The number of unbranched alkanes of at least 4 members (excludes halogenated alkanes) is 1. The number of pyridine rings is 1. The van der Waals surface area contributed by atoms with E-state index < -0.39 is 10.0 Å². The Hall–Kier alpha value is -1.34. The third-order valence-corrected chi connectivity index (χ3v) is 4.17. The van der Waals surface area contributed by atoms with Crippen LogP contribution in [0.2, 0.25) is 0 Å². The van der Waals surface area contributed by atoms with Gasteiger partial charge in [0, 0.05) is 18.0 Å². The summed E-state index contributed by atoms with van der Waals surface area (Å²) in [5.74, 6) is 0.680. The first kappa shape index (κ1) is 17.7. The first-order valence-corrected chi connectivity index (χ1v) is 8.81. The molecular formula is C14H24N2O4S. The summed E-state index contributed by atoms with van der Waals surface area (Å²) in [7, 11) is -3.29. The van der Waals surface area contributed by atoms with Crippen LogP contribution >= 0.6 is 0 Å². The van der Waals surface area contributed by atoms with Crippen LogP contribution in [-0.4, -0.2) is 25.8 Å². The highest BCUT2D eigenvalue weighted by Gasteiger charge is 2.10. The van der Waals surface area contributed by atoms with Crippen LogP contribution in [0.25, 0.3) is 0 Å². The molecule has 0 atom stereocenters. The lowest BCUT2D eigenvalue weighted by atomic mass is 10.2. The van der Waals surface area contributed by atoms with Crippen LogP contribution in [0, 0.1) is 5.92 Å². The first-order chi connectivity index (χ1) is 9.84. The summed E-state index contributed by atoms with van der Waals surface area (Å²) < 4.78 is 31.2. The zero-order valence-electron chi connectivity index (χ0n) is 12.8. The highest BCUT2D eigenvalue weighted by molar-refractivity contribution is 7.89. The van der Waals surface area contributed by atoms with E-state index in [1.54, 1.807) is 0 Å². The van der Waals surface area contributed by atoms with E-state index in [2.05, 4.69) is 9.71 Å². The van der Waals surface area contributed by atoms with Crippen LogP contribution < -0.4 is 14.9 Å². The molecule has 21 heavy (non-hydrogen) atoms. The molecule has 7 heteroatoms. The van der Waals surface area contributed by atoms with Crippen LogP contribution in [0.5, 0.6) is 5.75 Å². The van der Waals surface area contributed by atoms with Crippen LogP contribution in [0.4, 0.5) is 0 Å². The van der Waals surface area contributed by atoms with Crippen molar-refractivity contribution in [1.29, 1.82) is 0 Å². The summed E-state index contributed by atoms with van der Waals surface area (Å²) in [6, 6.07) is 1.36. The normalized spacial score (nSPS) is 11.8. The van der Waals surface area contributed by atoms with Gasteiger partial charge in [0.05, 0.1) is 18.9 Å². The Labute approximate surface area is 126 Å². The number of hydrogen-bond donors (Lipinski definition) is 2. The zero-order valence-corrected chi connectivity index (χ0v) is 13.6. The zero-order chi connectivity index (χ0) is 15.9. The van der Waals surface area contributed by atoms with Crippen molar-refractivity contribution in [3.63, 3.8) is 0 Å². The van der Waals surface area contributed by atoms with E-state index >= 15 is 0 Å². The molecule has 2 N–H and O–H groups in total. The first-order valence-electron chi connectivity index (χ1n) is 7.15. The maximum Gasteiger partial charge on any atom is 0.223 e. The number of rotatable bonds is 9. The molecule has 1 rings (SSSR count). The number of hydrogen-bond acceptors (Lipinski definition) is 4. The number of aromatic nitrogens is 1. The molecule has 1 heterocycles. The third-order valence-electron chi connectivity index (χ3n) is 2.76. The molecule has 0 amide bonds. The van der Waals surface area contributed by atoms with E-state index in [9.17, 15) is 13.2 Å². The Morgan fingerprint density at radius 3 is 2.67 bits per heavy atom. The number of aromatic amines is 1. The minimum absolute atomic E-state index is 0.0751. The van der Waals surface area contributed by atoms with Crippen molar-refractivity contribution >= 4 is 10.0 Å². The van der Waals surface area contributed by atoms with Gasteiger partial charge in [-0.25, -0.2) is 13.1 Å². The van der Waals surface area contributed by atoms with Gasteiger partial charge in [-0.2, -0.15) is 0 Å². The second kappa shape index (κ2) is 8.19. The summed E-state index contributed by atoms with van der Waals surface area (Å²) in [6.45, 7) is 6.46. The standard InChI is InChI=1S/C14H24N2O4S/c1-4-5-6-21(18,19)16-8-12-7-13(17)14(9-15-12)20-10-11(2)3/h7,9,11,16H,4-6,8,10H2,1-3H3,(H,15,17). The quantitative estimate of drug-likeness (QED) is 0.725. The monoisotopic (exact) mass is 316 g/mol. The molecule has 0 saturated heterocycles. The summed E-state index contributed by atoms with van der Waals surface area (Å²) in [6.07, 6.45) is 2.91. The van der Waals surface area contributed by atoms with E-state index in [4.69, 9.17) is 4.74 Å². The molecule has 0 aromatic carbocycles. The fourth-order valence-corrected chi connectivity index (χ4v) is 2.75. The van der Waals surface area contributed by atoms with E-state index in [1.807, 2.05) is 20.8 Å². The highest BCUT2D eigenvalue weighted by atomic mass is 32.2. The Balaban J connectivity index is 2.62. The molecular weight excluding hydrogens is 292 g/mol. The van der Waals surface area contributed by atoms with Crippen LogP contribution in [-0.2, 0) is 16.6 Å². The highest BCUT2D eigenvalue weighted by Crippen LogP contribution is 2.05. The summed E-state index contributed by atoms with van der Waals surface area (Å²) in [5.41, 5.74) is 0.258. The third kappa shape index (κ3) is 6.77. The summed E-state index contributed by atoms with van der Waals surface area (Å²) in [5, 5.41) is 0. The Morgan fingerprint density at radius 2 is 2.10 bits per heavy atom. The molecule has 6 nitrogen and oxygen atoms in total. The van der Waals surface area contributed by atoms with Gasteiger partial charge in [-0.1, -0.05) is 27.2 Å². The fraction of sp³-hybridized carbons (Fsp3) is 0.643. The molecule has 0 aliphatic heterocycles. The second-order valence-corrected chi connectivity index (χ2v) is 7.31. The minimum atomic E-state index is -3.29. The van der Waals surface area contributed by atoms with Crippen molar-refractivity contribution in [2.45, 2.75) is 40.2 Å². The van der Waals surface area contributed by atoms with Gasteiger partial charge in [0.15, 0.2) is 5.75 Å². The predicted molar refractivity (Wildman–Crippen MR) is 82.9 cm³/mol. The predicted octanol–water partition coefficient (Wildman–Crippen LogP) is 1.63. The van der Waals surface area contributed by atoms with Crippen LogP contribution in [0.15, 0.2) is 17.1 Å². The Kier molecular flexibility index (Phi) is 6.91. The molecule has 0 aliphatic rings. The maximum absolute atomic E-state index is 11.8. The lowest BCUT2D eigenvalue weighted by Gasteiger charge is -2.09. The van der Waals surface area contributed by atoms with Gasteiger partial charge >= 0.3 is 0 Å². The van der Waals surface area contributed by atoms with Gasteiger partial charge in [0.1, 0.15) is 0 Å². The van der Waals surface area contributed by atoms with Crippen molar-refractivity contribution < 1.29 is 13.2 Å². The molecule has 0 saturated carbocycles. The second-order valence-electron chi connectivity index (χ2n) is 5.39. The lowest BCUT2D eigenvalue weighted by molar-refractivity contribution is 0.267. The molecule has 0 bridgehead atoms. The molecule has 0 aliphatic carbocycles.